The number of rotatable bonds is 2. The maximum Gasteiger partial charge on any atom is 0.326 e. The molecule has 0 saturated heterocycles. The van der Waals surface area contributed by atoms with Crippen LogP contribution >= 0.6 is 12.2 Å². The number of carboxylic acids is 1. The van der Waals surface area contributed by atoms with E-state index in [4.69, 9.17) is 21.7 Å². The summed E-state index contributed by atoms with van der Waals surface area (Å²) in [5, 5.41) is 8.93. The van der Waals surface area contributed by atoms with Crippen LogP contribution in [0.25, 0.3) is 11.1 Å². The quantitative estimate of drug-likeness (QED) is 0.795. The van der Waals surface area contributed by atoms with E-state index in [0.29, 0.717) is 11.1 Å². The molecule has 0 aliphatic heterocycles. The molecule has 15 heavy (non-hydrogen) atoms. The standard InChI is InChI=1S/C10H9NO3S/c1-6(9(12)13)11-7-4-2-3-5-8(7)14-10(11)15/h2-6H,1H3,(H,12,13). The zero-order chi connectivity index (χ0) is 11.0. The van der Waals surface area contributed by atoms with E-state index in [1.807, 2.05) is 12.1 Å². The van der Waals surface area contributed by atoms with Crippen molar-refractivity contribution in [3.63, 3.8) is 0 Å². The minimum Gasteiger partial charge on any atom is -0.480 e. The van der Waals surface area contributed by atoms with Crippen LogP contribution in [0, 0.1) is 4.84 Å². The highest BCUT2D eigenvalue weighted by Crippen LogP contribution is 2.21. The van der Waals surface area contributed by atoms with Gasteiger partial charge in [-0.15, -0.1) is 0 Å². The Morgan fingerprint density at radius 1 is 1.53 bits per heavy atom. The number of aliphatic carboxylic acids is 1. The highest BCUT2D eigenvalue weighted by Gasteiger charge is 2.18. The first-order valence-corrected chi connectivity index (χ1v) is 4.85. The van der Waals surface area contributed by atoms with Gasteiger partial charge in [0.05, 0.1) is 5.52 Å². The Bertz CT molecular complexity index is 569. The number of benzene rings is 1. The summed E-state index contributed by atoms with van der Waals surface area (Å²) in [6.45, 7) is 1.57. The molecule has 0 spiro atoms. The van der Waals surface area contributed by atoms with Gasteiger partial charge < -0.3 is 9.52 Å². The van der Waals surface area contributed by atoms with E-state index < -0.39 is 12.0 Å². The van der Waals surface area contributed by atoms with Gasteiger partial charge in [0, 0.05) is 0 Å². The predicted molar refractivity (Wildman–Crippen MR) is 57.4 cm³/mol. The lowest BCUT2D eigenvalue weighted by atomic mass is 10.3. The van der Waals surface area contributed by atoms with Crippen molar-refractivity contribution in [2.24, 2.45) is 0 Å². The van der Waals surface area contributed by atoms with Crippen LogP contribution in [0.1, 0.15) is 13.0 Å². The first kappa shape index (κ1) is 9.92. The monoisotopic (exact) mass is 223 g/mol. The Hall–Kier alpha value is -1.62. The normalized spacial score (nSPS) is 12.9. The molecule has 1 unspecified atom stereocenters. The van der Waals surface area contributed by atoms with Gasteiger partial charge >= 0.3 is 5.97 Å². The Labute approximate surface area is 90.7 Å². The Morgan fingerprint density at radius 3 is 2.87 bits per heavy atom. The van der Waals surface area contributed by atoms with Gasteiger partial charge in [-0.2, -0.15) is 0 Å². The van der Waals surface area contributed by atoms with Crippen molar-refractivity contribution >= 4 is 29.3 Å². The minimum atomic E-state index is -0.933. The summed E-state index contributed by atoms with van der Waals surface area (Å²) in [5.41, 5.74) is 1.31. The van der Waals surface area contributed by atoms with Crippen LogP contribution in [0.2, 0.25) is 0 Å². The van der Waals surface area contributed by atoms with Crippen LogP contribution < -0.4 is 0 Å². The van der Waals surface area contributed by atoms with Crippen LogP contribution in [0.3, 0.4) is 0 Å². The van der Waals surface area contributed by atoms with E-state index in [1.165, 1.54) is 4.57 Å². The van der Waals surface area contributed by atoms with E-state index in [1.54, 1.807) is 19.1 Å². The van der Waals surface area contributed by atoms with Crippen molar-refractivity contribution < 1.29 is 14.3 Å². The summed E-state index contributed by atoms with van der Waals surface area (Å²) in [6.07, 6.45) is 0. The Balaban J connectivity index is 2.74. The molecule has 2 aromatic rings. The maximum atomic E-state index is 10.9. The molecule has 5 heteroatoms. The smallest absolute Gasteiger partial charge is 0.326 e. The van der Waals surface area contributed by atoms with Crippen molar-refractivity contribution in [3.05, 3.63) is 29.1 Å². The zero-order valence-electron chi connectivity index (χ0n) is 8.01. The number of para-hydroxylation sites is 2. The average Bonchev–Trinajstić information content (AvgIpc) is 2.52. The second-order valence-electron chi connectivity index (χ2n) is 3.22. The minimum absolute atomic E-state index is 0.186. The number of carboxylic acid groups (broad SMARTS) is 1. The fourth-order valence-corrected chi connectivity index (χ4v) is 1.81. The molecule has 0 aliphatic rings. The molecule has 0 radical (unpaired) electrons. The molecular formula is C10H9NO3S. The Kier molecular flexibility index (Phi) is 2.32. The Morgan fingerprint density at radius 2 is 2.20 bits per heavy atom. The predicted octanol–water partition coefficient (Wildman–Crippen LogP) is 2.61. The average molecular weight is 223 g/mol. The van der Waals surface area contributed by atoms with Gasteiger partial charge in [0.15, 0.2) is 5.58 Å². The molecule has 1 N–H and O–H groups in total. The summed E-state index contributed by atoms with van der Waals surface area (Å²) in [6, 6.07) is 6.46. The molecular weight excluding hydrogens is 214 g/mol. The summed E-state index contributed by atoms with van der Waals surface area (Å²) in [7, 11) is 0. The lowest BCUT2D eigenvalue weighted by Gasteiger charge is -2.07. The second-order valence-corrected chi connectivity index (χ2v) is 3.57. The largest absolute Gasteiger partial charge is 0.480 e. The lowest BCUT2D eigenvalue weighted by molar-refractivity contribution is -0.140. The third-order valence-electron chi connectivity index (χ3n) is 2.26. The number of nitrogens with zero attached hydrogens (tertiary/aromatic N) is 1. The molecule has 1 aromatic heterocycles. The molecule has 0 bridgehead atoms. The number of oxazole rings is 1. The maximum absolute atomic E-state index is 10.9. The van der Waals surface area contributed by atoms with E-state index in [-0.39, 0.29) is 4.84 Å². The molecule has 0 fully saturated rings. The van der Waals surface area contributed by atoms with Gasteiger partial charge in [0.1, 0.15) is 6.04 Å². The molecule has 2 rings (SSSR count). The van der Waals surface area contributed by atoms with E-state index in [2.05, 4.69) is 0 Å². The van der Waals surface area contributed by atoms with Crippen LogP contribution in [-0.4, -0.2) is 15.6 Å². The SMILES string of the molecule is CC(C(=O)O)n1c(=S)oc2ccccc21. The van der Waals surface area contributed by atoms with Crippen molar-refractivity contribution in [1.82, 2.24) is 4.57 Å². The molecule has 1 aromatic carbocycles. The fourth-order valence-electron chi connectivity index (χ4n) is 1.46. The summed E-state index contributed by atoms with van der Waals surface area (Å²) in [5.74, 6) is -0.933. The summed E-state index contributed by atoms with van der Waals surface area (Å²) >= 11 is 4.98. The molecule has 0 aliphatic carbocycles. The highest BCUT2D eigenvalue weighted by molar-refractivity contribution is 7.71. The molecule has 0 saturated carbocycles. The molecule has 0 amide bonds. The highest BCUT2D eigenvalue weighted by atomic mass is 32.1. The van der Waals surface area contributed by atoms with Crippen LogP contribution in [0.4, 0.5) is 0 Å². The van der Waals surface area contributed by atoms with Crippen molar-refractivity contribution in [2.75, 3.05) is 0 Å². The second kappa shape index (κ2) is 3.51. The van der Waals surface area contributed by atoms with Gasteiger partial charge in [-0.05, 0) is 31.3 Å². The van der Waals surface area contributed by atoms with Crippen molar-refractivity contribution in [3.8, 4) is 0 Å². The lowest BCUT2D eigenvalue weighted by Crippen LogP contribution is -2.15. The summed E-state index contributed by atoms with van der Waals surface area (Å²) in [4.78, 5) is 11.1. The topological polar surface area (TPSA) is 55.4 Å². The van der Waals surface area contributed by atoms with E-state index in [9.17, 15) is 4.79 Å². The number of hydrogen-bond donors (Lipinski definition) is 1. The molecule has 78 valence electrons. The third kappa shape index (κ3) is 1.55. The summed E-state index contributed by atoms with van der Waals surface area (Å²) < 4.78 is 6.78. The fraction of sp³-hybridized carbons (Fsp3) is 0.200. The number of fused-ring (bicyclic) bond motifs is 1. The molecule has 1 heterocycles. The molecule has 1 atom stereocenters. The third-order valence-corrected chi connectivity index (χ3v) is 2.54. The first-order valence-electron chi connectivity index (χ1n) is 4.44. The number of carbonyl (C=O) groups is 1. The zero-order valence-corrected chi connectivity index (χ0v) is 8.82. The van der Waals surface area contributed by atoms with E-state index >= 15 is 0 Å². The van der Waals surface area contributed by atoms with Crippen molar-refractivity contribution in [2.45, 2.75) is 13.0 Å². The van der Waals surface area contributed by atoms with Gasteiger partial charge in [-0.1, -0.05) is 12.1 Å². The first-order chi connectivity index (χ1) is 7.11. The number of hydrogen-bond acceptors (Lipinski definition) is 3. The molecule has 4 nitrogen and oxygen atoms in total. The van der Waals surface area contributed by atoms with Gasteiger partial charge in [-0.25, -0.2) is 4.79 Å². The van der Waals surface area contributed by atoms with Crippen LogP contribution in [0.5, 0.6) is 0 Å². The van der Waals surface area contributed by atoms with E-state index in [0.717, 1.165) is 0 Å². The van der Waals surface area contributed by atoms with Crippen LogP contribution in [0.15, 0.2) is 28.7 Å². The van der Waals surface area contributed by atoms with Crippen molar-refractivity contribution in [1.29, 1.82) is 0 Å². The van der Waals surface area contributed by atoms with Gasteiger partial charge in [0.25, 0.3) is 4.84 Å². The van der Waals surface area contributed by atoms with Gasteiger partial charge in [0.2, 0.25) is 0 Å². The van der Waals surface area contributed by atoms with Crippen LogP contribution in [-0.2, 0) is 4.79 Å². The number of aromatic nitrogens is 1. The van der Waals surface area contributed by atoms with Gasteiger partial charge in [-0.3, -0.25) is 4.57 Å².